The fourth-order valence-electron chi connectivity index (χ4n) is 1.73. The number of hydrogen-bond acceptors (Lipinski definition) is 4. The zero-order valence-corrected chi connectivity index (χ0v) is 13.7. The highest BCUT2D eigenvalue weighted by Gasteiger charge is 2.33. The van der Waals surface area contributed by atoms with Crippen molar-refractivity contribution in [2.45, 2.75) is 11.3 Å². The Morgan fingerprint density at radius 1 is 1.38 bits per heavy atom. The monoisotopic (exact) mass is 373 g/mol. The summed E-state index contributed by atoms with van der Waals surface area (Å²) in [5.41, 5.74) is -1.52. The van der Waals surface area contributed by atoms with Crippen molar-refractivity contribution in [3.05, 3.63) is 59.4 Å². The molecule has 2 rings (SSSR count). The van der Waals surface area contributed by atoms with E-state index in [2.05, 4.69) is 21.9 Å². The molecule has 0 aliphatic rings. The summed E-state index contributed by atoms with van der Waals surface area (Å²) < 4.78 is 38.9. The van der Waals surface area contributed by atoms with Gasteiger partial charge in [-0.15, -0.1) is 6.58 Å². The maximum atomic E-state index is 13.0. The Kier molecular flexibility index (Phi) is 5.84. The van der Waals surface area contributed by atoms with Crippen LogP contribution in [0, 0.1) is 0 Å². The number of anilines is 1. The van der Waals surface area contributed by atoms with Gasteiger partial charge in [-0.25, -0.2) is 9.97 Å². The lowest BCUT2D eigenvalue weighted by molar-refractivity contribution is -0.136. The molecule has 126 valence electrons. The molecule has 1 aromatic carbocycles. The van der Waals surface area contributed by atoms with E-state index in [1.165, 1.54) is 30.1 Å². The fraction of sp³-hybridized carbons (Fsp3) is 0.133. The third-order valence-corrected chi connectivity index (χ3v) is 3.88. The number of carbonyl (C=O) groups excluding carboxylic acids is 1. The van der Waals surface area contributed by atoms with Gasteiger partial charge in [0.15, 0.2) is 10.9 Å². The van der Waals surface area contributed by atoms with E-state index in [-0.39, 0.29) is 21.6 Å². The molecule has 1 heterocycles. The van der Waals surface area contributed by atoms with Crippen LogP contribution in [0.25, 0.3) is 0 Å². The first-order valence-electron chi connectivity index (χ1n) is 6.56. The molecule has 0 spiro atoms. The van der Waals surface area contributed by atoms with Gasteiger partial charge in [0.05, 0.1) is 22.5 Å². The third-order valence-electron chi connectivity index (χ3n) is 2.75. The van der Waals surface area contributed by atoms with Gasteiger partial charge in [-0.05, 0) is 12.1 Å². The van der Waals surface area contributed by atoms with Crippen molar-refractivity contribution in [2.75, 3.05) is 11.1 Å². The number of hydrogen-bond donors (Lipinski definition) is 1. The first-order valence-corrected chi connectivity index (χ1v) is 7.93. The molecule has 9 heteroatoms. The summed E-state index contributed by atoms with van der Waals surface area (Å²) in [4.78, 5) is 20.2. The lowest BCUT2D eigenvalue weighted by atomic mass is 10.1. The van der Waals surface area contributed by atoms with Crippen molar-refractivity contribution in [3.63, 3.8) is 0 Å². The Labute approximate surface area is 145 Å². The minimum absolute atomic E-state index is 0.0556. The molecule has 1 aromatic heterocycles. The van der Waals surface area contributed by atoms with E-state index in [0.717, 1.165) is 12.1 Å². The highest BCUT2D eigenvalue weighted by Crippen LogP contribution is 2.34. The molecule has 0 atom stereocenters. The summed E-state index contributed by atoms with van der Waals surface area (Å²) in [5.74, 6) is -0.334. The van der Waals surface area contributed by atoms with Gasteiger partial charge in [0.2, 0.25) is 0 Å². The van der Waals surface area contributed by atoms with Crippen LogP contribution in [-0.2, 0) is 6.18 Å². The number of halogens is 4. The molecule has 0 unspecified atom stereocenters. The molecule has 1 amide bonds. The molecule has 1 N–H and O–H groups in total. The van der Waals surface area contributed by atoms with E-state index in [9.17, 15) is 18.0 Å². The molecule has 0 saturated carbocycles. The lowest BCUT2D eigenvalue weighted by Crippen LogP contribution is -2.18. The van der Waals surface area contributed by atoms with Crippen molar-refractivity contribution in [1.29, 1.82) is 0 Å². The fourth-order valence-corrected chi connectivity index (χ4v) is 2.46. The number of para-hydroxylation sites is 1. The molecule has 4 nitrogen and oxygen atoms in total. The number of nitrogens with one attached hydrogen (secondary N) is 1. The summed E-state index contributed by atoms with van der Waals surface area (Å²) in [6, 6.07) is 4.66. The largest absolute Gasteiger partial charge is 0.418 e. The van der Waals surface area contributed by atoms with Gasteiger partial charge < -0.3 is 5.32 Å². The van der Waals surface area contributed by atoms with Crippen LogP contribution in [0.2, 0.25) is 5.02 Å². The molecular formula is C15H11ClF3N3OS. The quantitative estimate of drug-likeness (QED) is 0.469. The molecule has 0 aliphatic carbocycles. The molecule has 0 bridgehead atoms. The predicted octanol–water partition coefficient (Wildman–Crippen LogP) is 4.68. The molecule has 24 heavy (non-hydrogen) atoms. The Morgan fingerprint density at radius 2 is 2.08 bits per heavy atom. The van der Waals surface area contributed by atoms with Crippen molar-refractivity contribution in [2.24, 2.45) is 0 Å². The molecule has 0 radical (unpaired) electrons. The third kappa shape index (κ3) is 4.48. The number of nitrogens with zero attached hydrogens (tertiary/aromatic N) is 2. The van der Waals surface area contributed by atoms with Gasteiger partial charge >= 0.3 is 6.18 Å². The van der Waals surface area contributed by atoms with Gasteiger partial charge in [0, 0.05) is 5.75 Å². The number of thioether (sulfide) groups is 1. The van der Waals surface area contributed by atoms with Crippen LogP contribution >= 0.6 is 23.4 Å². The lowest BCUT2D eigenvalue weighted by Gasteiger charge is -2.13. The van der Waals surface area contributed by atoms with Crippen LogP contribution < -0.4 is 5.32 Å². The first-order chi connectivity index (χ1) is 11.3. The highest BCUT2D eigenvalue weighted by atomic mass is 35.5. The van der Waals surface area contributed by atoms with Crippen LogP contribution in [0.3, 0.4) is 0 Å². The van der Waals surface area contributed by atoms with Crippen molar-refractivity contribution >= 4 is 35.0 Å². The van der Waals surface area contributed by atoms with Gasteiger partial charge in [0.1, 0.15) is 0 Å². The highest BCUT2D eigenvalue weighted by molar-refractivity contribution is 7.99. The van der Waals surface area contributed by atoms with Crippen LogP contribution in [0.1, 0.15) is 16.1 Å². The second kappa shape index (κ2) is 7.67. The zero-order valence-electron chi connectivity index (χ0n) is 12.1. The summed E-state index contributed by atoms with van der Waals surface area (Å²) in [5, 5.41) is 2.41. The number of rotatable bonds is 5. The van der Waals surface area contributed by atoms with Crippen LogP contribution in [0.5, 0.6) is 0 Å². The van der Waals surface area contributed by atoms with E-state index in [0.29, 0.717) is 5.75 Å². The van der Waals surface area contributed by atoms with Gasteiger partial charge in [-0.2, -0.15) is 13.2 Å². The number of aromatic nitrogens is 2. The maximum absolute atomic E-state index is 13.0. The minimum atomic E-state index is -4.59. The Morgan fingerprint density at radius 3 is 2.75 bits per heavy atom. The standard InChI is InChI=1S/C15H11ClF3N3OS/c1-2-7-24-14-20-8-10(16)12(22-14)13(23)21-11-6-4-3-5-9(11)15(17,18)19/h2-6,8H,1,7H2,(H,21,23). The van der Waals surface area contributed by atoms with E-state index < -0.39 is 17.6 Å². The topological polar surface area (TPSA) is 54.9 Å². The van der Waals surface area contributed by atoms with Crippen molar-refractivity contribution in [1.82, 2.24) is 9.97 Å². The van der Waals surface area contributed by atoms with Gasteiger partial charge in [0.25, 0.3) is 5.91 Å². The molecular weight excluding hydrogens is 363 g/mol. The Balaban J connectivity index is 2.29. The minimum Gasteiger partial charge on any atom is -0.320 e. The summed E-state index contributed by atoms with van der Waals surface area (Å²) in [7, 11) is 0. The summed E-state index contributed by atoms with van der Waals surface area (Å²) >= 11 is 7.10. The van der Waals surface area contributed by atoms with Gasteiger partial charge in [-0.1, -0.05) is 41.6 Å². The van der Waals surface area contributed by atoms with Crippen LogP contribution in [-0.4, -0.2) is 21.6 Å². The average molecular weight is 374 g/mol. The van der Waals surface area contributed by atoms with E-state index in [4.69, 9.17) is 11.6 Å². The number of carbonyl (C=O) groups is 1. The predicted molar refractivity (Wildman–Crippen MR) is 87.4 cm³/mol. The summed E-state index contributed by atoms with van der Waals surface area (Å²) in [6.07, 6.45) is -1.74. The zero-order chi connectivity index (χ0) is 17.7. The van der Waals surface area contributed by atoms with Crippen LogP contribution in [0.15, 0.2) is 48.3 Å². The Hall–Kier alpha value is -2.06. The summed E-state index contributed by atoms with van der Waals surface area (Å²) in [6.45, 7) is 3.55. The van der Waals surface area contributed by atoms with E-state index in [1.807, 2.05) is 0 Å². The average Bonchev–Trinajstić information content (AvgIpc) is 2.53. The first kappa shape index (κ1) is 18.3. The van der Waals surface area contributed by atoms with E-state index >= 15 is 0 Å². The Bertz CT molecular complexity index is 768. The second-order valence-electron chi connectivity index (χ2n) is 4.45. The molecule has 0 saturated heterocycles. The smallest absolute Gasteiger partial charge is 0.320 e. The second-order valence-corrected chi connectivity index (χ2v) is 5.84. The molecule has 2 aromatic rings. The molecule has 0 fully saturated rings. The van der Waals surface area contributed by atoms with E-state index in [1.54, 1.807) is 6.08 Å². The normalized spacial score (nSPS) is 11.2. The maximum Gasteiger partial charge on any atom is 0.418 e. The SMILES string of the molecule is C=CCSc1ncc(Cl)c(C(=O)Nc2ccccc2C(F)(F)F)n1. The van der Waals surface area contributed by atoms with Crippen LogP contribution in [0.4, 0.5) is 18.9 Å². The number of alkyl halides is 3. The van der Waals surface area contributed by atoms with Crippen molar-refractivity contribution < 1.29 is 18.0 Å². The number of amides is 1. The van der Waals surface area contributed by atoms with Gasteiger partial charge in [-0.3, -0.25) is 4.79 Å². The molecule has 0 aliphatic heterocycles. The number of benzene rings is 1. The van der Waals surface area contributed by atoms with Crippen molar-refractivity contribution in [3.8, 4) is 0 Å².